The van der Waals surface area contributed by atoms with Crippen molar-refractivity contribution >= 4 is 15.9 Å². The molecule has 1 aromatic heterocycles. The summed E-state index contributed by atoms with van der Waals surface area (Å²) in [5.74, 6) is -0.486. The third kappa shape index (κ3) is 2.70. The fourth-order valence-corrected chi connectivity index (χ4v) is 2.50. The van der Waals surface area contributed by atoms with Crippen molar-refractivity contribution in [3.05, 3.63) is 40.2 Å². The molecule has 0 bridgehead atoms. The number of benzene rings is 1. The Kier molecular flexibility index (Phi) is 3.86. The quantitative estimate of drug-likeness (QED) is 0.722. The molecule has 1 aromatic carbocycles. The molecule has 0 aliphatic rings. The molecule has 0 radical (unpaired) electrons. The van der Waals surface area contributed by atoms with Gasteiger partial charge in [0.25, 0.3) is 0 Å². The molecule has 0 saturated carbocycles. The minimum atomic E-state index is -5.02. The molecule has 0 amide bonds. The molecule has 0 saturated heterocycles. The fraction of sp³-hybridized carbons (Fsp3) is 0.250. The summed E-state index contributed by atoms with van der Waals surface area (Å²) in [7, 11) is 1.21. The van der Waals surface area contributed by atoms with E-state index in [4.69, 9.17) is 0 Å². The van der Waals surface area contributed by atoms with Crippen molar-refractivity contribution in [1.29, 1.82) is 0 Å². The van der Waals surface area contributed by atoms with Crippen LogP contribution in [0.4, 0.5) is 22.0 Å². The van der Waals surface area contributed by atoms with Crippen LogP contribution in [0.15, 0.2) is 28.7 Å². The monoisotopic (exact) mass is 354 g/mol. The van der Waals surface area contributed by atoms with Crippen LogP contribution in [0.3, 0.4) is 0 Å². The highest BCUT2D eigenvalue weighted by Crippen LogP contribution is 2.42. The maximum Gasteiger partial charge on any atom is 0.425 e. The van der Waals surface area contributed by atoms with Gasteiger partial charge in [-0.15, -0.1) is 0 Å². The molecule has 0 N–H and O–H groups in total. The van der Waals surface area contributed by atoms with Gasteiger partial charge in [-0.05, 0) is 40.2 Å². The Labute approximate surface area is 119 Å². The topological polar surface area (TPSA) is 17.8 Å². The number of rotatable bonds is 2. The van der Waals surface area contributed by atoms with E-state index in [-0.39, 0.29) is 10.2 Å². The first-order valence-electron chi connectivity index (χ1n) is 5.41. The highest BCUT2D eigenvalue weighted by Gasteiger charge is 2.44. The van der Waals surface area contributed by atoms with Gasteiger partial charge in [-0.3, -0.25) is 4.68 Å². The van der Waals surface area contributed by atoms with Gasteiger partial charge in [-0.1, -0.05) is 0 Å². The van der Waals surface area contributed by atoms with Crippen molar-refractivity contribution < 1.29 is 22.0 Å². The van der Waals surface area contributed by atoms with Crippen molar-refractivity contribution in [2.45, 2.75) is 12.3 Å². The summed E-state index contributed by atoms with van der Waals surface area (Å²) >= 11 is 2.93. The second-order valence-corrected chi connectivity index (χ2v) is 4.88. The zero-order valence-corrected chi connectivity index (χ0v) is 11.6. The van der Waals surface area contributed by atoms with E-state index < -0.39 is 23.9 Å². The normalized spacial score (nSPS) is 13.6. The van der Waals surface area contributed by atoms with Crippen molar-refractivity contribution in [2.24, 2.45) is 7.05 Å². The first-order chi connectivity index (χ1) is 9.21. The number of aromatic nitrogens is 2. The van der Waals surface area contributed by atoms with Crippen LogP contribution < -0.4 is 0 Å². The standard InChI is InChI=1S/C12H8BrF5N2/c1-20-10(11(15)12(16,17)18)8(13)9(19-20)6-2-4-7(14)5-3-6/h2-5,11H,1H3. The number of alkyl halides is 4. The highest BCUT2D eigenvalue weighted by molar-refractivity contribution is 9.10. The molecule has 2 aromatic rings. The van der Waals surface area contributed by atoms with Gasteiger partial charge >= 0.3 is 6.18 Å². The van der Waals surface area contributed by atoms with E-state index in [9.17, 15) is 22.0 Å². The number of nitrogens with zero attached hydrogens (tertiary/aromatic N) is 2. The van der Waals surface area contributed by atoms with E-state index in [1.54, 1.807) is 0 Å². The SMILES string of the molecule is Cn1nc(-c2ccc(F)cc2)c(Br)c1C(F)C(F)(F)F. The lowest BCUT2D eigenvalue weighted by Crippen LogP contribution is -2.19. The smallest absolute Gasteiger partial charge is 0.267 e. The minimum absolute atomic E-state index is 0.101. The molecule has 1 atom stereocenters. The maximum absolute atomic E-state index is 13.5. The van der Waals surface area contributed by atoms with Crippen LogP contribution in [0, 0.1) is 5.82 Å². The second-order valence-electron chi connectivity index (χ2n) is 4.08. The van der Waals surface area contributed by atoms with Crippen LogP contribution >= 0.6 is 15.9 Å². The molecule has 2 rings (SSSR count). The molecule has 0 aliphatic carbocycles. The van der Waals surface area contributed by atoms with Crippen molar-refractivity contribution in [1.82, 2.24) is 9.78 Å². The van der Waals surface area contributed by atoms with Gasteiger partial charge in [-0.25, -0.2) is 8.78 Å². The molecule has 20 heavy (non-hydrogen) atoms. The number of hydrogen-bond donors (Lipinski definition) is 0. The molecule has 1 heterocycles. The summed E-state index contributed by atoms with van der Waals surface area (Å²) < 4.78 is 64.4. The Hall–Kier alpha value is -1.44. The molecule has 1 unspecified atom stereocenters. The Balaban J connectivity index is 2.51. The number of halogens is 6. The zero-order chi connectivity index (χ0) is 15.1. The van der Waals surface area contributed by atoms with Gasteiger partial charge in [0.15, 0.2) is 0 Å². The predicted molar refractivity (Wildman–Crippen MR) is 66.2 cm³/mol. The van der Waals surface area contributed by atoms with Crippen LogP contribution in [0.5, 0.6) is 0 Å². The average molecular weight is 355 g/mol. The van der Waals surface area contributed by atoms with E-state index in [1.807, 2.05) is 0 Å². The van der Waals surface area contributed by atoms with Crippen molar-refractivity contribution in [3.63, 3.8) is 0 Å². The summed E-state index contributed by atoms with van der Waals surface area (Å²) in [6, 6.07) is 5.00. The molecule has 0 fully saturated rings. The second kappa shape index (κ2) is 5.16. The summed E-state index contributed by atoms with van der Waals surface area (Å²) in [5, 5.41) is 3.85. The lowest BCUT2D eigenvalue weighted by atomic mass is 10.1. The largest absolute Gasteiger partial charge is 0.425 e. The predicted octanol–water partition coefficient (Wildman–Crippen LogP) is 4.56. The first-order valence-corrected chi connectivity index (χ1v) is 6.20. The Morgan fingerprint density at radius 2 is 1.75 bits per heavy atom. The van der Waals surface area contributed by atoms with Crippen molar-refractivity contribution in [2.75, 3.05) is 0 Å². The van der Waals surface area contributed by atoms with Gasteiger partial charge in [0.05, 0.1) is 10.2 Å². The molecule has 2 nitrogen and oxygen atoms in total. The Bertz CT molecular complexity index is 618. The van der Waals surface area contributed by atoms with Gasteiger partial charge in [0.2, 0.25) is 6.17 Å². The fourth-order valence-electron chi connectivity index (χ4n) is 1.73. The van der Waals surface area contributed by atoms with Crippen LogP contribution in [0.2, 0.25) is 0 Å². The maximum atomic E-state index is 13.5. The van der Waals surface area contributed by atoms with Crippen LogP contribution in [-0.2, 0) is 7.05 Å². The lowest BCUT2D eigenvalue weighted by Gasteiger charge is -2.12. The summed E-state index contributed by atoms with van der Waals surface area (Å²) in [4.78, 5) is 0. The average Bonchev–Trinajstić information content (AvgIpc) is 2.64. The Morgan fingerprint density at radius 1 is 1.20 bits per heavy atom. The van der Waals surface area contributed by atoms with Crippen molar-refractivity contribution in [3.8, 4) is 11.3 Å². The third-order valence-corrected chi connectivity index (χ3v) is 3.46. The van der Waals surface area contributed by atoms with Gasteiger partial charge in [0.1, 0.15) is 11.5 Å². The first kappa shape index (κ1) is 15.0. The molecule has 108 valence electrons. The molecular weight excluding hydrogens is 347 g/mol. The van der Waals surface area contributed by atoms with Gasteiger partial charge in [0, 0.05) is 12.6 Å². The minimum Gasteiger partial charge on any atom is -0.267 e. The number of aryl methyl sites for hydroxylation is 1. The summed E-state index contributed by atoms with van der Waals surface area (Å²) in [6.07, 6.45) is -8.17. The number of hydrogen-bond acceptors (Lipinski definition) is 1. The highest BCUT2D eigenvalue weighted by atomic mass is 79.9. The van der Waals surface area contributed by atoms with E-state index >= 15 is 0 Å². The van der Waals surface area contributed by atoms with E-state index in [2.05, 4.69) is 21.0 Å². The molecule has 0 aliphatic heterocycles. The van der Waals surface area contributed by atoms with Crippen LogP contribution in [0.25, 0.3) is 11.3 Å². The van der Waals surface area contributed by atoms with E-state index in [0.717, 1.165) is 16.8 Å². The van der Waals surface area contributed by atoms with Gasteiger partial charge in [-0.2, -0.15) is 18.3 Å². The van der Waals surface area contributed by atoms with Crippen LogP contribution in [0.1, 0.15) is 11.9 Å². The zero-order valence-electron chi connectivity index (χ0n) is 10.0. The summed E-state index contributed by atoms with van der Waals surface area (Å²) in [6.45, 7) is 0. The van der Waals surface area contributed by atoms with E-state index in [1.165, 1.54) is 19.2 Å². The molecule has 8 heteroatoms. The van der Waals surface area contributed by atoms with E-state index in [0.29, 0.717) is 5.56 Å². The summed E-state index contributed by atoms with van der Waals surface area (Å²) in [5.41, 5.74) is -0.124. The lowest BCUT2D eigenvalue weighted by molar-refractivity contribution is -0.184. The molecular formula is C12H8BrF5N2. The van der Waals surface area contributed by atoms with Gasteiger partial charge < -0.3 is 0 Å². The van der Waals surface area contributed by atoms with Crippen LogP contribution in [-0.4, -0.2) is 16.0 Å². The molecule has 0 spiro atoms. The Morgan fingerprint density at radius 3 is 2.25 bits per heavy atom. The third-order valence-electron chi connectivity index (χ3n) is 2.68.